The molecule has 0 saturated carbocycles. The second-order valence-corrected chi connectivity index (χ2v) is 10.8. The van der Waals surface area contributed by atoms with E-state index in [1.165, 1.54) is 42.1 Å². The normalized spacial score (nSPS) is 12.2. The van der Waals surface area contributed by atoms with Crippen LogP contribution in [0.1, 0.15) is 20.8 Å². The van der Waals surface area contributed by atoms with Gasteiger partial charge in [-0.3, -0.25) is 5.32 Å². The lowest BCUT2D eigenvalue weighted by molar-refractivity contribution is 0.0565. The van der Waals surface area contributed by atoms with Gasteiger partial charge in [-0.05, 0) is 50.7 Å². The number of carbonyl (C=O) groups is 1. The van der Waals surface area contributed by atoms with E-state index in [4.69, 9.17) is 4.74 Å². The number of rotatable bonds is 6. The molecule has 0 aliphatic heterocycles. The molecule has 0 unspecified atom stereocenters. The van der Waals surface area contributed by atoms with Gasteiger partial charge in [-0.1, -0.05) is 12.1 Å². The van der Waals surface area contributed by atoms with Gasteiger partial charge in [0.1, 0.15) is 10.6 Å². The second-order valence-electron chi connectivity index (χ2n) is 6.79. The second kappa shape index (κ2) is 9.31. The quantitative estimate of drug-likeness (QED) is 0.263. The van der Waals surface area contributed by atoms with Gasteiger partial charge in [0.25, 0.3) is 0 Å². The Hall–Kier alpha value is -1.86. The van der Waals surface area contributed by atoms with Crippen molar-refractivity contribution in [2.24, 2.45) is 4.99 Å². The zero-order chi connectivity index (χ0) is 21.8. The molecule has 1 heterocycles. The van der Waals surface area contributed by atoms with E-state index >= 15 is 0 Å². The molecule has 29 heavy (non-hydrogen) atoms. The lowest BCUT2D eigenvalue weighted by Gasteiger charge is -2.18. The Balaban J connectivity index is 2.28. The first-order valence-corrected chi connectivity index (χ1v) is 11.9. The fraction of sp³-hybridized carbons (Fsp3) is 0.294. The topological polar surface area (TPSA) is 125 Å². The van der Waals surface area contributed by atoms with E-state index in [-0.39, 0.29) is 15.3 Å². The maximum Gasteiger partial charge on any atom is 0.488 e. The predicted molar refractivity (Wildman–Crippen MR) is 115 cm³/mol. The van der Waals surface area contributed by atoms with Crippen LogP contribution in [0.25, 0.3) is 0 Å². The summed E-state index contributed by atoms with van der Waals surface area (Å²) in [6.45, 7) is 5.20. The Morgan fingerprint density at radius 3 is 2.59 bits per heavy atom. The lowest BCUT2D eigenvalue weighted by Crippen LogP contribution is -2.31. The number of aliphatic imine (C=N–C) groups is 1. The van der Waals surface area contributed by atoms with Gasteiger partial charge in [0.2, 0.25) is 9.84 Å². The Morgan fingerprint density at radius 1 is 1.31 bits per heavy atom. The van der Waals surface area contributed by atoms with Crippen LogP contribution in [-0.4, -0.2) is 49.9 Å². The number of benzene rings is 1. The molecular formula is C17H21BN2O6S3. The fourth-order valence-corrected chi connectivity index (χ4v) is 6.04. The summed E-state index contributed by atoms with van der Waals surface area (Å²) in [7, 11) is -5.67. The first-order valence-electron chi connectivity index (χ1n) is 8.35. The maximum atomic E-state index is 13.0. The van der Waals surface area contributed by atoms with Gasteiger partial charge in [0, 0.05) is 0 Å². The minimum absolute atomic E-state index is 0.0568. The standard InChI is InChI=1S/C17H21BN2O6S3/c1-17(2,3)26-16(21)20-10-19-14-9-13(15(27-4)28-14)29(24,25)12-7-5-6-11(8-12)18(22)23/h5-10,22-23H,1-4H3,(H,19,20,21). The Kier molecular flexibility index (Phi) is 7.52. The number of nitrogens with one attached hydrogen (secondary N) is 1. The zero-order valence-electron chi connectivity index (χ0n) is 16.2. The molecule has 0 spiro atoms. The molecule has 12 heteroatoms. The van der Waals surface area contributed by atoms with E-state index < -0.39 is 28.6 Å². The summed E-state index contributed by atoms with van der Waals surface area (Å²) in [5.74, 6) is 0. The van der Waals surface area contributed by atoms with E-state index in [0.717, 1.165) is 17.7 Å². The number of carbonyl (C=O) groups excluding carboxylic acids is 1. The van der Waals surface area contributed by atoms with E-state index in [9.17, 15) is 23.3 Å². The van der Waals surface area contributed by atoms with Crippen molar-refractivity contribution in [3.63, 3.8) is 0 Å². The SMILES string of the molecule is CSc1sc(N=CNC(=O)OC(C)(C)C)cc1S(=O)(=O)c1cccc(B(O)O)c1. The van der Waals surface area contributed by atoms with Crippen molar-refractivity contribution in [2.75, 3.05) is 6.26 Å². The fourth-order valence-electron chi connectivity index (χ4n) is 2.16. The van der Waals surface area contributed by atoms with Crippen molar-refractivity contribution in [3.05, 3.63) is 30.3 Å². The molecule has 1 amide bonds. The highest BCUT2D eigenvalue weighted by Gasteiger charge is 2.25. The summed E-state index contributed by atoms with van der Waals surface area (Å²) in [5.41, 5.74) is -0.572. The largest absolute Gasteiger partial charge is 0.488 e. The van der Waals surface area contributed by atoms with Crippen LogP contribution in [0.2, 0.25) is 0 Å². The molecule has 0 bridgehead atoms. The number of hydrogen-bond acceptors (Lipinski definition) is 9. The molecule has 3 N–H and O–H groups in total. The van der Waals surface area contributed by atoms with Crippen molar-refractivity contribution < 1.29 is 28.0 Å². The monoisotopic (exact) mass is 456 g/mol. The summed E-state index contributed by atoms with van der Waals surface area (Å²) in [6.07, 6.45) is 2.21. The molecule has 0 aliphatic carbocycles. The summed E-state index contributed by atoms with van der Waals surface area (Å²) >= 11 is 2.40. The minimum atomic E-state index is -3.90. The number of sulfone groups is 1. The van der Waals surface area contributed by atoms with Gasteiger partial charge in [-0.2, -0.15) is 0 Å². The molecule has 0 aliphatic rings. The van der Waals surface area contributed by atoms with Gasteiger partial charge >= 0.3 is 13.2 Å². The number of hydrogen-bond donors (Lipinski definition) is 3. The van der Waals surface area contributed by atoms with Crippen molar-refractivity contribution in [2.45, 2.75) is 40.4 Å². The molecule has 1 aromatic carbocycles. The van der Waals surface area contributed by atoms with Crippen LogP contribution in [0.5, 0.6) is 0 Å². The molecule has 1 aromatic heterocycles. The number of nitrogens with zero attached hydrogens (tertiary/aromatic N) is 1. The summed E-state index contributed by atoms with van der Waals surface area (Å²) < 4.78 is 31.7. The van der Waals surface area contributed by atoms with Crippen molar-refractivity contribution in [1.29, 1.82) is 0 Å². The van der Waals surface area contributed by atoms with E-state index in [2.05, 4.69) is 10.3 Å². The molecular weight excluding hydrogens is 435 g/mol. The molecule has 2 aromatic rings. The summed E-state index contributed by atoms with van der Waals surface area (Å²) in [6, 6.07) is 6.87. The number of thioether (sulfide) groups is 1. The first-order chi connectivity index (χ1) is 13.4. The van der Waals surface area contributed by atoms with Crippen molar-refractivity contribution in [1.82, 2.24) is 5.32 Å². The zero-order valence-corrected chi connectivity index (χ0v) is 18.7. The van der Waals surface area contributed by atoms with E-state index in [0.29, 0.717) is 9.21 Å². The highest BCUT2D eigenvalue weighted by molar-refractivity contribution is 8.01. The third-order valence-corrected chi connectivity index (χ3v) is 7.58. The Bertz CT molecular complexity index is 1010. The average Bonchev–Trinajstić information content (AvgIpc) is 3.04. The van der Waals surface area contributed by atoms with Crippen LogP contribution in [0, 0.1) is 0 Å². The number of ether oxygens (including phenoxy) is 1. The summed E-state index contributed by atoms with van der Waals surface area (Å²) in [4.78, 5) is 15.7. The van der Waals surface area contributed by atoms with Crippen LogP contribution >= 0.6 is 23.1 Å². The lowest BCUT2D eigenvalue weighted by atomic mass is 9.80. The molecule has 8 nitrogen and oxygen atoms in total. The van der Waals surface area contributed by atoms with Crippen molar-refractivity contribution >= 4 is 62.9 Å². The van der Waals surface area contributed by atoms with Crippen LogP contribution in [0.15, 0.2) is 49.3 Å². The first kappa shape index (κ1) is 23.4. The minimum Gasteiger partial charge on any atom is -0.444 e. The Labute approximate surface area is 178 Å². The molecule has 0 fully saturated rings. The van der Waals surface area contributed by atoms with Gasteiger partial charge in [0.15, 0.2) is 0 Å². The van der Waals surface area contributed by atoms with Crippen LogP contribution in [-0.2, 0) is 14.6 Å². The van der Waals surface area contributed by atoms with E-state index in [1.807, 2.05) is 0 Å². The van der Waals surface area contributed by atoms with Gasteiger partial charge in [-0.15, -0.1) is 23.1 Å². The highest BCUT2D eigenvalue weighted by atomic mass is 32.2. The molecule has 2 rings (SSSR count). The Morgan fingerprint density at radius 2 is 2.00 bits per heavy atom. The number of amides is 1. The van der Waals surface area contributed by atoms with E-state index in [1.54, 1.807) is 27.0 Å². The van der Waals surface area contributed by atoms with Gasteiger partial charge in [-0.25, -0.2) is 18.2 Å². The molecule has 0 radical (unpaired) electrons. The van der Waals surface area contributed by atoms with Crippen LogP contribution in [0.4, 0.5) is 9.80 Å². The third-order valence-electron chi connectivity index (χ3n) is 3.37. The molecule has 156 valence electrons. The number of alkyl carbamates (subject to hydrolysis) is 1. The predicted octanol–water partition coefficient (Wildman–Crippen LogP) is 2.17. The van der Waals surface area contributed by atoms with Gasteiger partial charge < -0.3 is 14.8 Å². The van der Waals surface area contributed by atoms with Gasteiger partial charge in [0.05, 0.1) is 20.3 Å². The van der Waals surface area contributed by atoms with Crippen molar-refractivity contribution in [3.8, 4) is 0 Å². The average molecular weight is 456 g/mol. The highest BCUT2D eigenvalue weighted by Crippen LogP contribution is 2.40. The summed E-state index contributed by atoms with van der Waals surface area (Å²) in [5, 5.41) is 21.3. The number of thiophene rings is 1. The van der Waals surface area contributed by atoms with Crippen LogP contribution in [0.3, 0.4) is 0 Å². The molecule has 0 atom stereocenters. The smallest absolute Gasteiger partial charge is 0.444 e. The maximum absolute atomic E-state index is 13.0. The van der Waals surface area contributed by atoms with Crippen LogP contribution < -0.4 is 10.8 Å². The third kappa shape index (κ3) is 6.31. The molecule has 0 saturated heterocycles.